The van der Waals surface area contributed by atoms with Crippen LogP contribution in [0.3, 0.4) is 0 Å². The fourth-order valence-electron chi connectivity index (χ4n) is 14.2. The molecule has 7 aromatic rings. The Morgan fingerprint density at radius 3 is 1.79 bits per heavy atom. The van der Waals surface area contributed by atoms with Gasteiger partial charge in [-0.1, -0.05) is 122 Å². The molecule has 7 aliphatic rings. The van der Waals surface area contributed by atoms with Crippen molar-refractivity contribution in [2.75, 3.05) is 9.80 Å². The Hall–Kier alpha value is -5.80. The van der Waals surface area contributed by atoms with Crippen molar-refractivity contribution in [2.45, 2.75) is 62.2 Å². The summed E-state index contributed by atoms with van der Waals surface area (Å²) in [6.45, 7) is 0.0908. The molecule has 0 aromatic heterocycles. The number of para-hydroxylation sites is 2. The number of anilines is 6. The van der Waals surface area contributed by atoms with Crippen LogP contribution in [0.5, 0.6) is 0 Å². The zero-order valence-electron chi connectivity index (χ0n) is 32.2. The lowest BCUT2D eigenvalue weighted by Crippen LogP contribution is -2.61. The maximum Gasteiger partial charge on any atom is 0.252 e. The first-order valence-corrected chi connectivity index (χ1v) is 21.7. The molecule has 2 aliphatic heterocycles. The van der Waals surface area contributed by atoms with Gasteiger partial charge in [0.05, 0.1) is 0 Å². The molecule has 2 bridgehead atoms. The van der Waals surface area contributed by atoms with Gasteiger partial charge in [0.1, 0.15) is 0 Å². The van der Waals surface area contributed by atoms with Crippen LogP contribution in [0.2, 0.25) is 0 Å². The largest absolute Gasteiger partial charge is 0.311 e. The molecular formula is C54H43BN2. The van der Waals surface area contributed by atoms with Crippen molar-refractivity contribution in [3.8, 4) is 22.3 Å². The molecule has 3 saturated carbocycles. The highest BCUT2D eigenvalue weighted by atomic mass is 15.2. The molecular weight excluding hydrogens is 687 g/mol. The smallest absolute Gasteiger partial charge is 0.252 e. The van der Waals surface area contributed by atoms with E-state index in [-0.39, 0.29) is 17.5 Å². The highest BCUT2D eigenvalue weighted by Gasteiger charge is 2.61. The van der Waals surface area contributed by atoms with Gasteiger partial charge in [0, 0.05) is 50.5 Å². The second-order valence-corrected chi connectivity index (χ2v) is 18.2. The molecule has 0 amide bonds. The maximum absolute atomic E-state index is 2.67. The van der Waals surface area contributed by atoms with Crippen molar-refractivity contribution in [1.29, 1.82) is 0 Å². The number of hydrogen-bond donors (Lipinski definition) is 0. The normalized spacial score (nSPS) is 23.0. The van der Waals surface area contributed by atoms with Crippen molar-refractivity contribution < 1.29 is 0 Å². The molecule has 14 rings (SSSR count). The Balaban J connectivity index is 1.12. The van der Waals surface area contributed by atoms with Gasteiger partial charge in [0.2, 0.25) is 0 Å². The SMILES string of the molecule is c1ccc(N2c3cc4c(cc3B3c5ccc6c(c5N(c5ccccc5)c5cccc2c53)-c2ccccc2C62C3CCC2CC3)-c2ccccc2C42CCCC2)cc1. The second kappa shape index (κ2) is 11.0. The molecule has 7 aromatic carbocycles. The first kappa shape index (κ1) is 31.3. The lowest BCUT2D eigenvalue weighted by molar-refractivity contribution is 0.400. The minimum atomic E-state index is 0.0908. The Morgan fingerprint density at radius 1 is 0.456 bits per heavy atom. The lowest BCUT2D eigenvalue weighted by Gasteiger charge is -2.45. The molecule has 272 valence electrons. The summed E-state index contributed by atoms with van der Waals surface area (Å²) in [5, 5.41) is 0. The van der Waals surface area contributed by atoms with Crippen LogP contribution in [0.1, 0.15) is 73.6 Å². The molecule has 0 radical (unpaired) electrons. The predicted octanol–water partition coefficient (Wildman–Crippen LogP) is 11.7. The summed E-state index contributed by atoms with van der Waals surface area (Å²) in [7, 11) is 0. The molecule has 0 N–H and O–H groups in total. The van der Waals surface area contributed by atoms with E-state index in [9.17, 15) is 0 Å². The minimum absolute atomic E-state index is 0.0908. The zero-order chi connectivity index (χ0) is 37.0. The quantitative estimate of drug-likeness (QED) is 0.163. The van der Waals surface area contributed by atoms with Crippen LogP contribution in [0.15, 0.2) is 152 Å². The van der Waals surface area contributed by atoms with Gasteiger partial charge in [-0.2, -0.15) is 0 Å². The number of rotatable bonds is 2. The van der Waals surface area contributed by atoms with Crippen molar-refractivity contribution >= 4 is 57.2 Å². The highest BCUT2D eigenvalue weighted by molar-refractivity contribution is 7.00. The van der Waals surface area contributed by atoms with E-state index in [1.54, 1.807) is 22.3 Å². The van der Waals surface area contributed by atoms with Gasteiger partial charge in [-0.15, -0.1) is 0 Å². The third-order valence-corrected chi connectivity index (χ3v) is 16.1. The summed E-state index contributed by atoms with van der Waals surface area (Å²) < 4.78 is 0. The van der Waals surface area contributed by atoms with Crippen LogP contribution in [-0.2, 0) is 10.8 Å². The number of hydrogen-bond acceptors (Lipinski definition) is 2. The minimum Gasteiger partial charge on any atom is -0.311 e. The second-order valence-electron chi connectivity index (χ2n) is 18.2. The number of nitrogens with zero attached hydrogens (tertiary/aromatic N) is 2. The standard InChI is InChI=1S/C54H43BN2/c1-3-14-36(15-4-1)56-47-22-13-23-48-51(47)55(46-32-40-38-18-7-9-20-41(38)53(30-11-12-31-53)44(40)33-49(46)56)45-29-28-43-50(52(45)57(48)37-16-5-2-6-17-37)39-19-8-10-21-42(39)54(43)34-24-25-35(54)27-26-34/h1-10,13-23,28-29,32-35H,11-12,24-27,30-31H2. The lowest BCUT2D eigenvalue weighted by atomic mass is 9.33. The predicted molar refractivity (Wildman–Crippen MR) is 237 cm³/mol. The fraction of sp³-hybridized carbons (Fsp3) is 0.222. The van der Waals surface area contributed by atoms with E-state index in [1.807, 2.05) is 0 Å². The van der Waals surface area contributed by atoms with Gasteiger partial charge in [-0.05, 0) is 148 Å². The van der Waals surface area contributed by atoms with E-state index >= 15 is 0 Å². The van der Waals surface area contributed by atoms with Gasteiger partial charge in [0.25, 0.3) is 6.71 Å². The van der Waals surface area contributed by atoms with Crippen molar-refractivity contribution in [2.24, 2.45) is 11.8 Å². The van der Waals surface area contributed by atoms with Gasteiger partial charge in [-0.3, -0.25) is 0 Å². The van der Waals surface area contributed by atoms with E-state index in [1.165, 1.54) is 124 Å². The summed E-state index contributed by atoms with van der Waals surface area (Å²) in [4.78, 5) is 5.28. The average molecular weight is 731 g/mol. The Bertz CT molecular complexity index is 2830. The monoisotopic (exact) mass is 730 g/mol. The van der Waals surface area contributed by atoms with Crippen LogP contribution < -0.4 is 26.2 Å². The van der Waals surface area contributed by atoms with Crippen molar-refractivity contribution in [1.82, 2.24) is 0 Å². The van der Waals surface area contributed by atoms with E-state index in [0.29, 0.717) is 0 Å². The third-order valence-electron chi connectivity index (χ3n) is 16.1. The van der Waals surface area contributed by atoms with Gasteiger partial charge in [0.15, 0.2) is 0 Å². The van der Waals surface area contributed by atoms with Crippen molar-refractivity contribution in [3.63, 3.8) is 0 Å². The van der Waals surface area contributed by atoms with E-state index in [2.05, 4.69) is 161 Å². The molecule has 0 unspecified atom stereocenters. The highest BCUT2D eigenvalue weighted by Crippen LogP contribution is 2.69. The molecule has 3 fully saturated rings. The molecule has 2 nitrogen and oxygen atoms in total. The average Bonchev–Trinajstić information content (AvgIpc) is 4.10. The van der Waals surface area contributed by atoms with Gasteiger partial charge in [-0.25, -0.2) is 0 Å². The van der Waals surface area contributed by atoms with Crippen molar-refractivity contribution in [3.05, 3.63) is 174 Å². The fourth-order valence-corrected chi connectivity index (χ4v) is 14.2. The molecule has 2 heterocycles. The summed E-state index contributed by atoms with van der Waals surface area (Å²) in [6.07, 6.45) is 10.5. The third kappa shape index (κ3) is 3.67. The summed E-state index contributed by atoms with van der Waals surface area (Å²) in [6, 6.07) is 59.1. The molecule has 0 saturated heterocycles. The summed E-state index contributed by atoms with van der Waals surface area (Å²) in [5.41, 5.74) is 24.5. The van der Waals surface area contributed by atoms with Gasteiger partial charge >= 0.3 is 0 Å². The Morgan fingerprint density at radius 2 is 1.07 bits per heavy atom. The molecule has 57 heavy (non-hydrogen) atoms. The van der Waals surface area contributed by atoms with Gasteiger partial charge < -0.3 is 9.80 Å². The van der Waals surface area contributed by atoms with Crippen LogP contribution in [0, 0.1) is 11.8 Å². The first-order chi connectivity index (χ1) is 28.3. The summed E-state index contributed by atoms with van der Waals surface area (Å²) in [5.74, 6) is 1.44. The number of benzene rings is 7. The Labute approximate surface area is 335 Å². The summed E-state index contributed by atoms with van der Waals surface area (Å²) >= 11 is 0. The van der Waals surface area contributed by atoms with Crippen LogP contribution >= 0.6 is 0 Å². The molecule has 3 heteroatoms. The van der Waals surface area contributed by atoms with Crippen LogP contribution in [0.4, 0.5) is 34.1 Å². The maximum atomic E-state index is 2.67. The van der Waals surface area contributed by atoms with E-state index < -0.39 is 0 Å². The first-order valence-electron chi connectivity index (χ1n) is 21.7. The van der Waals surface area contributed by atoms with E-state index in [0.717, 1.165) is 11.8 Å². The number of fused-ring (bicyclic) bond motifs is 13. The van der Waals surface area contributed by atoms with Crippen LogP contribution in [-0.4, -0.2) is 6.71 Å². The van der Waals surface area contributed by atoms with E-state index in [4.69, 9.17) is 0 Å². The molecule has 0 atom stereocenters. The molecule has 2 spiro atoms. The molecule has 5 aliphatic carbocycles. The van der Waals surface area contributed by atoms with Crippen LogP contribution in [0.25, 0.3) is 22.3 Å². The Kier molecular flexibility index (Phi) is 6.03. The topological polar surface area (TPSA) is 6.48 Å². The zero-order valence-corrected chi connectivity index (χ0v) is 32.2.